The fraction of sp³-hybridized carbons (Fsp3) is 0.550. The summed E-state index contributed by atoms with van der Waals surface area (Å²) in [6, 6.07) is 5.18. The van der Waals surface area contributed by atoms with Crippen molar-refractivity contribution in [3.05, 3.63) is 23.8 Å². The van der Waals surface area contributed by atoms with Gasteiger partial charge in [0.25, 0.3) is 11.8 Å². The van der Waals surface area contributed by atoms with Crippen LogP contribution in [0.15, 0.2) is 18.2 Å². The van der Waals surface area contributed by atoms with Gasteiger partial charge in [-0.25, -0.2) is 4.79 Å². The summed E-state index contributed by atoms with van der Waals surface area (Å²) in [6.45, 7) is 4.28. The first kappa shape index (κ1) is 20.9. The minimum atomic E-state index is -0.986. The molecule has 0 aliphatic carbocycles. The molecule has 0 radical (unpaired) electrons. The molecule has 1 aromatic carbocycles. The summed E-state index contributed by atoms with van der Waals surface area (Å²) in [5, 5.41) is 3.41. The molecule has 2 saturated heterocycles. The third-order valence-corrected chi connectivity index (χ3v) is 5.71. The van der Waals surface area contributed by atoms with Crippen molar-refractivity contribution in [2.24, 2.45) is 0 Å². The highest BCUT2D eigenvalue weighted by Gasteiger charge is 2.47. The summed E-state index contributed by atoms with van der Waals surface area (Å²) in [7, 11) is 3.17. The van der Waals surface area contributed by atoms with Crippen LogP contribution >= 0.6 is 0 Å². The van der Waals surface area contributed by atoms with Gasteiger partial charge in [0.15, 0.2) is 11.5 Å². The van der Waals surface area contributed by atoms with Gasteiger partial charge in [0.05, 0.1) is 20.8 Å². The van der Waals surface area contributed by atoms with Gasteiger partial charge in [-0.15, -0.1) is 0 Å². The minimum Gasteiger partial charge on any atom is -0.493 e. The fourth-order valence-electron chi connectivity index (χ4n) is 3.82. The molecule has 2 atom stereocenters. The van der Waals surface area contributed by atoms with E-state index in [0.717, 1.165) is 30.0 Å². The van der Waals surface area contributed by atoms with Crippen LogP contribution in [0.2, 0.25) is 0 Å². The van der Waals surface area contributed by atoms with E-state index in [2.05, 4.69) is 10.7 Å². The largest absolute Gasteiger partial charge is 0.493 e. The third kappa shape index (κ3) is 4.00. The maximum absolute atomic E-state index is 12.6. The third-order valence-electron chi connectivity index (χ3n) is 5.71. The SMILES string of the molecule is CC[C@]1(C)NC(=O)N(NC(=O)CN2CCC[C@H]2c2ccc(OC)c(OC)c2)C1=O. The number of hydrogen-bond donors (Lipinski definition) is 2. The quantitative estimate of drug-likeness (QED) is 0.670. The highest BCUT2D eigenvalue weighted by atomic mass is 16.5. The number of benzene rings is 1. The molecule has 2 aliphatic rings. The summed E-state index contributed by atoms with van der Waals surface area (Å²) in [4.78, 5) is 39.1. The van der Waals surface area contributed by atoms with E-state index in [9.17, 15) is 14.4 Å². The summed E-state index contributed by atoms with van der Waals surface area (Å²) in [6.07, 6.45) is 2.29. The van der Waals surface area contributed by atoms with E-state index in [1.807, 2.05) is 30.0 Å². The molecule has 0 bridgehead atoms. The number of methoxy groups -OCH3 is 2. The maximum Gasteiger partial charge on any atom is 0.344 e. The van der Waals surface area contributed by atoms with Crippen LogP contribution in [0.25, 0.3) is 0 Å². The Bertz CT molecular complexity index is 814. The predicted molar refractivity (Wildman–Crippen MR) is 105 cm³/mol. The lowest BCUT2D eigenvalue weighted by molar-refractivity contribution is -0.139. The first-order valence-electron chi connectivity index (χ1n) is 9.75. The molecule has 0 saturated carbocycles. The number of hydrazine groups is 1. The molecule has 2 N–H and O–H groups in total. The molecule has 0 spiro atoms. The summed E-state index contributed by atoms with van der Waals surface area (Å²) in [5.74, 6) is 0.438. The fourth-order valence-corrected chi connectivity index (χ4v) is 3.82. The van der Waals surface area contributed by atoms with Crippen molar-refractivity contribution in [3.63, 3.8) is 0 Å². The van der Waals surface area contributed by atoms with Crippen molar-refractivity contribution in [2.45, 2.75) is 44.7 Å². The van der Waals surface area contributed by atoms with E-state index in [0.29, 0.717) is 17.9 Å². The van der Waals surface area contributed by atoms with Crippen molar-refractivity contribution >= 4 is 17.8 Å². The number of urea groups is 1. The van der Waals surface area contributed by atoms with Crippen molar-refractivity contribution in [2.75, 3.05) is 27.3 Å². The Hall–Kier alpha value is -2.81. The standard InChI is InChI=1S/C20H28N4O5/c1-5-20(2)18(26)24(19(27)21-20)22-17(25)12-23-10-6-7-14(23)13-8-9-15(28-3)16(11-13)29-4/h8-9,11,14H,5-7,10,12H2,1-4H3,(H,21,27)(H,22,25)/t14-,20-/m0/s1. The molecule has 0 aromatic heterocycles. The van der Waals surface area contributed by atoms with Crippen LogP contribution in [-0.4, -0.2) is 60.6 Å². The van der Waals surface area contributed by atoms with Crippen molar-refractivity contribution in [1.82, 2.24) is 20.7 Å². The Labute approximate surface area is 170 Å². The molecule has 1 aromatic rings. The maximum atomic E-state index is 12.6. The van der Waals surface area contributed by atoms with Crippen LogP contribution in [-0.2, 0) is 9.59 Å². The van der Waals surface area contributed by atoms with Gasteiger partial charge in [0.1, 0.15) is 5.54 Å². The lowest BCUT2D eigenvalue weighted by Crippen LogP contribution is -2.51. The number of ether oxygens (including phenoxy) is 2. The molecule has 29 heavy (non-hydrogen) atoms. The molecule has 2 fully saturated rings. The van der Waals surface area contributed by atoms with Gasteiger partial charge in [-0.3, -0.25) is 19.9 Å². The van der Waals surface area contributed by atoms with Gasteiger partial charge in [0, 0.05) is 6.04 Å². The Morgan fingerprint density at radius 1 is 1.28 bits per heavy atom. The van der Waals surface area contributed by atoms with Crippen LogP contribution in [0, 0.1) is 0 Å². The molecule has 9 heteroatoms. The molecular weight excluding hydrogens is 376 g/mol. The van der Waals surface area contributed by atoms with Crippen LogP contribution in [0.4, 0.5) is 4.79 Å². The van der Waals surface area contributed by atoms with Gasteiger partial charge in [-0.1, -0.05) is 13.0 Å². The van der Waals surface area contributed by atoms with E-state index in [4.69, 9.17) is 9.47 Å². The lowest BCUT2D eigenvalue weighted by atomic mass is 10.00. The van der Waals surface area contributed by atoms with E-state index >= 15 is 0 Å². The zero-order valence-corrected chi connectivity index (χ0v) is 17.3. The molecule has 4 amide bonds. The van der Waals surface area contributed by atoms with Gasteiger partial charge < -0.3 is 14.8 Å². The second kappa shape index (κ2) is 8.28. The lowest BCUT2D eigenvalue weighted by Gasteiger charge is -2.26. The van der Waals surface area contributed by atoms with E-state index in [1.165, 1.54) is 0 Å². The second-order valence-corrected chi connectivity index (χ2v) is 7.53. The Morgan fingerprint density at radius 2 is 2.00 bits per heavy atom. The number of imide groups is 1. The summed E-state index contributed by atoms with van der Waals surface area (Å²) in [5.41, 5.74) is 2.50. The predicted octanol–water partition coefficient (Wildman–Crippen LogP) is 1.59. The van der Waals surface area contributed by atoms with Crippen LogP contribution in [0.5, 0.6) is 11.5 Å². The number of carbonyl (C=O) groups is 3. The summed E-state index contributed by atoms with van der Waals surface area (Å²) >= 11 is 0. The van der Waals surface area contributed by atoms with Gasteiger partial charge in [-0.05, 0) is 50.4 Å². The van der Waals surface area contributed by atoms with Crippen molar-refractivity contribution in [3.8, 4) is 11.5 Å². The highest BCUT2D eigenvalue weighted by Crippen LogP contribution is 2.36. The molecule has 2 aliphatic heterocycles. The van der Waals surface area contributed by atoms with Crippen LogP contribution in [0.1, 0.15) is 44.7 Å². The molecule has 3 rings (SSSR count). The zero-order chi connectivity index (χ0) is 21.2. The first-order valence-corrected chi connectivity index (χ1v) is 9.75. The Kier molecular flexibility index (Phi) is 5.97. The van der Waals surface area contributed by atoms with E-state index < -0.39 is 23.4 Å². The van der Waals surface area contributed by atoms with Gasteiger partial charge >= 0.3 is 6.03 Å². The number of carbonyl (C=O) groups excluding carboxylic acids is 3. The van der Waals surface area contributed by atoms with Crippen LogP contribution in [0.3, 0.4) is 0 Å². The van der Waals surface area contributed by atoms with Crippen LogP contribution < -0.4 is 20.2 Å². The number of likely N-dealkylation sites (tertiary alicyclic amines) is 1. The molecular formula is C20H28N4O5. The highest BCUT2D eigenvalue weighted by molar-refractivity contribution is 6.07. The average molecular weight is 404 g/mol. The summed E-state index contributed by atoms with van der Waals surface area (Å²) < 4.78 is 10.7. The Balaban J connectivity index is 1.67. The first-order chi connectivity index (χ1) is 13.8. The second-order valence-electron chi connectivity index (χ2n) is 7.53. The van der Waals surface area contributed by atoms with Crippen molar-refractivity contribution < 1.29 is 23.9 Å². The van der Waals surface area contributed by atoms with Crippen molar-refractivity contribution in [1.29, 1.82) is 0 Å². The van der Waals surface area contributed by atoms with Gasteiger partial charge in [0.2, 0.25) is 0 Å². The molecule has 2 heterocycles. The number of rotatable bonds is 7. The van der Waals surface area contributed by atoms with E-state index in [-0.39, 0.29) is 12.6 Å². The molecule has 158 valence electrons. The number of nitrogens with zero attached hydrogens (tertiary/aromatic N) is 2. The minimum absolute atomic E-state index is 0.0459. The van der Waals surface area contributed by atoms with Gasteiger partial charge in [-0.2, -0.15) is 5.01 Å². The number of amides is 4. The normalized spacial score (nSPS) is 24.6. The topological polar surface area (TPSA) is 100 Å². The van der Waals surface area contributed by atoms with E-state index in [1.54, 1.807) is 21.1 Å². The number of hydrogen-bond acceptors (Lipinski definition) is 6. The Morgan fingerprint density at radius 3 is 2.62 bits per heavy atom. The zero-order valence-electron chi connectivity index (χ0n) is 17.3. The number of nitrogens with one attached hydrogen (secondary N) is 2. The average Bonchev–Trinajstić information content (AvgIpc) is 3.25. The smallest absolute Gasteiger partial charge is 0.344 e. The monoisotopic (exact) mass is 404 g/mol. The molecule has 0 unspecified atom stereocenters. The molecule has 9 nitrogen and oxygen atoms in total.